The molecule has 1 unspecified atom stereocenters. The van der Waals surface area contributed by atoms with Crippen molar-refractivity contribution in [3.05, 3.63) is 63.1 Å². The van der Waals surface area contributed by atoms with Crippen LogP contribution in [0, 0.1) is 35.9 Å². The van der Waals surface area contributed by atoms with Crippen molar-refractivity contribution in [3.63, 3.8) is 0 Å². The van der Waals surface area contributed by atoms with Gasteiger partial charge >= 0.3 is 0 Å². The number of fused-ring (bicyclic) bond motifs is 4. The molecule has 7 N–H and O–H groups in total. The van der Waals surface area contributed by atoms with Gasteiger partial charge in [0.2, 0.25) is 11.9 Å². The number of likely N-dealkylation sites (tertiary alicyclic amines) is 2. The first-order valence-electron chi connectivity index (χ1n) is 18.7. The number of halogens is 3. The maximum atomic E-state index is 16.3. The van der Waals surface area contributed by atoms with Crippen molar-refractivity contribution in [3.8, 4) is 17.2 Å². The number of amides is 1. The van der Waals surface area contributed by atoms with E-state index in [9.17, 15) is 10.1 Å². The predicted molar refractivity (Wildman–Crippen MR) is 208 cm³/mol. The molecular weight excluding hydrogens is 714 g/mol. The normalized spacial score (nSPS) is 21.9. The third-order valence-corrected chi connectivity index (χ3v) is 12.0. The number of aromatic nitrogens is 2. The molecule has 2 aromatic carbocycles. The van der Waals surface area contributed by atoms with Gasteiger partial charge in [0.05, 0.1) is 27.7 Å². The third-order valence-electron chi connectivity index (χ3n) is 11.2. The molecule has 0 radical (unpaired) electrons. The number of H-pyrrole nitrogens is 1. The Labute approximate surface area is 319 Å². The number of carbonyl (C=O) groups excluding carboxylic acids is 1. The fourth-order valence-electron chi connectivity index (χ4n) is 8.15. The standard InChI is InChI=1S/C29H25Cl2FN4O.C5H13N5.C5H9N/c1-15-19-14-22(23-8-4-12-36(23)29(37)16-9-10-16)35-27(19)20-13-17(5-3-11-33)24(26(32)28(20)34-15)18-6-2-7-21(30)25(18)31;6-5(8-9-7)10-3-1-2-4-10;1-4-2-5(1)6-3-4/h2,6-7,13-14,16,23,35H,3-5,8-10,12H2,1H3;9H,1-4,7H2,(H2,6,8);4-6H,1-3H2. The number of hydrogen-bond acceptors (Lipinski definition) is 7. The molecule has 280 valence electrons. The van der Waals surface area contributed by atoms with Crippen LogP contribution in [0.5, 0.6) is 0 Å². The number of guanidine groups is 1. The highest BCUT2D eigenvalue weighted by molar-refractivity contribution is 6.43. The fourth-order valence-corrected chi connectivity index (χ4v) is 8.55. The smallest absolute Gasteiger partial charge is 0.226 e. The summed E-state index contributed by atoms with van der Waals surface area (Å²) in [7, 11) is 0. The first-order chi connectivity index (χ1) is 25.7. The summed E-state index contributed by atoms with van der Waals surface area (Å²) in [6.07, 6.45) is 9.74. The Morgan fingerprint density at radius 3 is 2.55 bits per heavy atom. The van der Waals surface area contributed by atoms with Gasteiger partial charge in [0.25, 0.3) is 0 Å². The quantitative estimate of drug-likeness (QED) is 0.0619. The highest BCUT2D eigenvalue weighted by Gasteiger charge is 2.39. The van der Waals surface area contributed by atoms with E-state index in [1.807, 2.05) is 22.8 Å². The molecular formula is C39H47Cl2FN10O. The van der Waals surface area contributed by atoms with Crippen LogP contribution in [0.25, 0.3) is 32.9 Å². The molecule has 4 aliphatic heterocycles. The van der Waals surface area contributed by atoms with Gasteiger partial charge in [0.15, 0.2) is 5.82 Å². The summed E-state index contributed by atoms with van der Waals surface area (Å²) in [4.78, 5) is 25.1. The van der Waals surface area contributed by atoms with E-state index < -0.39 is 5.82 Å². The lowest BCUT2D eigenvalue weighted by atomic mass is 9.87. The van der Waals surface area contributed by atoms with E-state index in [4.69, 9.17) is 34.8 Å². The minimum atomic E-state index is -0.484. The second-order valence-corrected chi connectivity index (χ2v) is 15.6. The zero-order valence-electron chi connectivity index (χ0n) is 30.0. The van der Waals surface area contributed by atoms with E-state index in [0.29, 0.717) is 45.2 Å². The number of nitrogens with zero attached hydrogens (tertiary/aromatic N) is 5. The van der Waals surface area contributed by atoms with Gasteiger partial charge in [0, 0.05) is 71.3 Å². The van der Waals surface area contributed by atoms with Crippen LogP contribution < -0.4 is 22.4 Å². The van der Waals surface area contributed by atoms with Gasteiger partial charge in [-0.25, -0.2) is 20.8 Å². The van der Waals surface area contributed by atoms with Crippen molar-refractivity contribution < 1.29 is 9.18 Å². The summed E-state index contributed by atoms with van der Waals surface area (Å²) < 4.78 is 16.3. The van der Waals surface area contributed by atoms with Crippen LogP contribution in [-0.4, -0.2) is 63.9 Å². The maximum absolute atomic E-state index is 16.3. The van der Waals surface area contributed by atoms with Crippen LogP contribution in [0.15, 0.2) is 35.4 Å². The summed E-state index contributed by atoms with van der Waals surface area (Å²) in [6, 6.07) is 12.2. The summed E-state index contributed by atoms with van der Waals surface area (Å²) in [6.45, 7) is 5.94. The van der Waals surface area contributed by atoms with Gasteiger partial charge in [-0.15, -0.1) is 5.10 Å². The Hall–Kier alpha value is -4.15. The van der Waals surface area contributed by atoms with Crippen LogP contribution in [0.1, 0.15) is 80.8 Å². The number of nitriles is 1. The SMILES string of the molecule is C1NC2CC1C2.Cc1nc2c(F)c(-c3cccc(Cl)c3Cl)c(CCC#N)cc2c2[nH]c(C3CCCN3C(=O)C3CC3)cc12.NN/N=C(\N)N1CCCC1. The van der Waals surface area contributed by atoms with Crippen molar-refractivity contribution in [1.29, 1.82) is 5.26 Å². The number of aromatic amines is 1. The number of pyridine rings is 1. The number of aryl methyl sites for hydroxylation is 2. The van der Waals surface area contributed by atoms with Crippen LogP contribution in [0.4, 0.5) is 4.39 Å². The fraction of sp³-hybridized carbons (Fsp3) is 0.487. The van der Waals surface area contributed by atoms with E-state index in [1.54, 1.807) is 18.2 Å². The van der Waals surface area contributed by atoms with Crippen LogP contribution in [-0.2, 0) is 11.2 Å². The Bertz CT molecular complexity index is 2050. The van der Waals surface area contributed by atoms with Crippen LogP contribution in [0.2, 0.25) is 10.0 Å². The van der Waals surface area contributed by atoms with Crippen LogP contribution >= 0.6 is 23.2 Å². The first-order valence-corrected chi connectivity index (χ1v) is 19.5. The van der Waals surface area contributed by atoms with Gasteiger partial charge in [-0.05, 0) is 101 Å². The average molecular weight is 762 g/mol. The molecule has 0 spiro atoms. The van der Waals surface area contributed by atoms with Gasteiger partial charge < -0.3 is 25.8 Å². The molecule has 1 amide bonds. The monoisotopic (exact) mass is 760 g/mol. The Morgan fingerprint density at radius 2 is 1.91 bits per heavy atom. The molecule has 53 heavy (non-hydrogen) atoms. The molecule has 1 atom stereocenters. The van der Waals surface area contributed by atoms with Crippen molar-refractivity contribution in [1.82, 2.24) is 30.6 Å². The molecule has 6 aliphatic rings. The number of rotatable bonds is 6. The van der Waals surface area contributed by atoms with Gasteiger partial charge in [-0.2, -0.15) is 5.26 Å². The second kappa shape index (κ2) is 16.1. The molecule has 2 aromatic heterocycles. The predicted octanol–water partition coefficient (Wildman–Crippen LogP) is 6.81. The highest BCUT2D eigenvalue weighted by Crippen LogP contribution is 2.43. The number of hydrazone groups is 1. The highest BCUT2D eigenvalue weighted by atomic mass is 35.5. The summed E-state index contributed by atoms with van der Waals surface area (Å²) in [5.41, 5.74) is 11.9. The third kappa shape index (κ3) is 7.76. The number of nitrogens with one attached hydrogen (secondary N) is 3. The second-order valence-electron chi connectivity index (χ2n) is 14.8. The van der Waals surface area contributed by atoms with E-state index in [0.717, 1.165) is 73.9 Å². The van der Waals surface area contributed by atoms with E-state index in [2.05, 4.69) is 38.1 Å². The number of benzene rings is 2. The first kappa shape index (κ1) is 37.2. The van der Waals surface area contributed by atoms with Crippen molar-refractivity contribution in [2.45, 2.75) is 83.2 Å². The van der Waals surface area contributed by atoms with E-state index >= 15 is 4.39 Å². The molecule has 11 nitrogen and oxygen atoms in total. The number of carbonyl (C=O) groups is 1. The van der Waals surface area contributed by atoms with Gasteiger partial charge in [0.1, 0.15) is 5.52 Å². The van der Waals surface area contributed by atoms with E-state index in [-0.39, 0.29) is 34.8 Å². The topological polar surface area (TPSA) is 164 Å². The molecule has 2 saturated carbocycles. The zero-order chi connectivity index (χ0) is 37.2. The molecule has 6 heterocycles. The molecule has 4 aromatic rings. The summed E-state index contributed by atoms with van der Waals surface area (Å²) in [5.74, 6) is 6.45. The molecule has 6 fully saturated rings. The van der Waals surface area contributed by atoms with Gasteiger partial charge in [-0.3, -0.25) is 4.79 Å². The lowest BCUT2D eigenvalue weighted by Gasteiger charge is -2.24. The maximum Gasteiger partial charge on any atom is 0.226 e. The van der Waals surface area contributed by atoms with Gasteiger partial charge in [-0.1, -0.05) is 35.3 Å². The molecule has 2 aliphatic carbocycles. The molecule has 4 saturated heterocycles. The van der Waals surface area contributed by atoms with Crippen molar-refractivity contribution >= 4 is 56.9 Å². The summed E-state index contributed by atoms with van der Waals surface area (Å²) >= 11 is 12.8. The lowest BCUT2D eigenvalue weighted by Crippen LogP contribution is -2.37. The number of hydrazine groups is 1. The minimum absolute atomic E-state index is 0.0117. The van der Waals surface area contributed by atoms with Crippen molar-refractivity contribution in [2.75, 3.05) is 26.2 Å². The Kier molecular flexibility index (Phi) is 11.3. The van der Waals surface area contributed by atoms with Crippen molar-refractivity contribution in [2.24, 2.45) is 28.5 Å². The number of hydrogen-bond donors (Lipinski definition) is 5. The largest absolute Gasteiger partial charge is 0.368 e. The number of nitrogens with two attached hydrogens (primary N) is 2. The Morgan fingerprint density at radius 1 is 1.13 bits per heavy atom. The van der Waals surface area contributed by atoms with E-state index in [1.165, 1.54) is 32.2 Å². The molecule has 10 rings (SSSR count). The zero-order valence-corrected chi connectivity index (χ0v) is 31.5. The molecule has 14 heteroatoms. The minimum Gasteiger partial charge on any atom is -0.368 e. The average Bonchev–Trinajstić information content (AvgIpc) is 3.76. The van der Waals surface area contributed by atoms with Crippen LogP contribution in [0.3, 0.4) is 0 Å². The molecule has 2 bridgehead atoms. The summed E-state index contributed by atoms with van der Waals surface area (Å²) in [5, 5.41) is 18.5. The Balaban J connectivity index is 0.000000222. The lowest BCUT2D eigenvalue weighted by molar-refractivity contribution is -0.133.